The van der Waals surface area contributed by atoms with Crippen LogP contribution in [0.1, 0.15) is 60.2 Å². The zero-order valence-electron chi connectivity index (χ0n) is 9.50. The largest absolute Gasteiger partial charge is 0.294 e. The van der Waals surface area contributed by atoms with Crippen LogP contribution in [0.4, 0.5) is 0 Å². The Labute approximate surface area is 89.9 Å². The third-order valence-electron chi connectivity index (χ3n) is 2.77. The number of ketones is 1. The van der Waals surface area contributed by atoms with E-state index >= 15 is 0 Å². The van der Waals surface area contributed by atoms with Crippen molar-refractivity contribution < 1.29 is 4.79 Å². The maximum absolute atomic E-state index is 11.8. The molecule has 1 aromatic rings. The SMILES string of the molecule is Cc1nc2c(c(C(C)C)n1)C(=O)CCC2. The van der Waals surface area contributed by atoms with E-state index in [4.69, 9.17) is 0 Å². The van der Waals surface area contributed by atoms with Crippen molar-refractivity contribution in [2.75, 3.05) is 0 Å². The minimum Gasteiger partial charge on any atom is -0.294 e. The van der Waals surface area contributed by atoms with Gasteiger partial charge in [-0.1, -0.05) is 13.8 Å². The number of hydrogen-bond donors (Lipinski definition) is 0. The average molecular weight is 204 g/mol. The molecule has 3 nitrogen and oxygen atoms in total. The molecule has 1 aromatic heterocycles. The summed E-state index contributed by atoms with van der Waals surface area (Å²) in [7, 11) is 0. The number of fused-ring (bicyclic) bond motifs is 1. The summed E-state index contributed by atoms with van der Waals surface area (Å²) in [6.07, 6.45) is 2.50. The fourth-order valence-corrected chi connectivity index (χ4v) is 2.10. The van der Waals surface area contributed by atoms with Crippen LogP contribution in [-0.4, -0.2) is 15.8 Å². The second kappa shape index (κ2) is 3.72. The van der Waals surface area contributed by atoms with E-state index in [1.165, 1.54) is 0 Å². The standard InChI is InChI=1S/C12H16N2O/c1-7(2)12-11-9(13-8(3)14-12)5-4-6-10(11)15/h7H,4-6H2,1-3H3. The van der Waals surface area contributed by atoms with Gasteiger partial charge in [-0.25, -0.2) is 9.97 Å². The van der Waals surface area contributed by atoms with Crippen molar-refractivity contribution >= 4 is 5.78 Å². The van der Waals surface area contributed by atoms with Gasteiger partial charge in [0.25, 0.3) is 0 Å². The van der Waals surface area contributed by atoms with E-state index in [2.05, 4.69) is 23.8 Å². The topological polar surface area (TPSA) is 42.9 Å². The molecule has 2 rings (SSSR count). The van der Waals surface area contributed by atoms with Crippen LogP contribution in [0.3, 0.4) is 0 Å². The fraction of sp³-hybridized carbons (Fsp3) is 0.583. The average Bonchev–Trinajstić information content (AvgIpc) is 2.16. The molecule has 0 amide bonds. The van der Waals surface area contributed by atoms with Gasteiger partial charge in [-0.2, -0.15) is 0 Å². The molecular weight excluding hydrogens is 188 g/mol. The van der Waals surface area contributed by atoms with Gasteiger partial charge in [-0.3, -0.25) is 4.79 Å². The normalized spacial score (nSPS) is 15.6. The summed E-state index contributed by atoms with van der Waals surface area (Å²) < 4.78 is 0. The molecule has 0 unspecified atom stereocenters. The van der Waals surface area contributed by atoms with Crippen molar-refractivity contribution in [3.8, 4) is 0 Å². The van der Waals surface area contributed by atoms with E-state index in [-0.39, 0.29) is 5.78 Å². The van der Waals surface area contributed by atoms with Gasteiger partial charge in [0.05, 0.1) is 17.0 Å². The van der Waals surface area contributed by atoms with E-state index in [9.17, 15) is 4.79 Å². The second-order valence-electron chi connectivity index (χ2n) is 4.41. The molecule has 0 aromatic carbocycles. The lowest BCUT2D eigenvalue weighted by Gasteiger charge is -2.19. The number of rotatable bonds is 1. The predicted octanol–water partition coefficient (Wildman–Crippen LogP) is 2.43. The first kappa shape index (κ1) is 10.3. The molecule has 0 aliphatic heterocycles. The van der Waals surface area contributed by atoms with E-state index in [1.54, 1.807) is 0 Å². The minimum absolute atomic E-state index is 0.222. The monoisotopic (exact) mass is 204 g/mol. The van der Waals surface area contributed by atoms with Gasteiger partial charge in [-0.05, 0) is 25.7 Å². The van der Waals surface area contributed by atoms with Gasteiger partial charge in [0.1, 0.15) is 5.82 Å². The summed E-state index contributed by atoms with van der Waals surface area (Å²) in [5, 5.41) is 0. The number of carbonyl (C=O) groups excluding carboxylic acids is 1. The molecule has 0 fully saturated rings. The first-order chi connectivity index (χ1) is 7.09. The van der Waals surface area contributed by atoms with E-state index < -0.39 is 0 Å². The van der Waals surface area contributed by atoms with Gasteiger partial charge in [0.15, 0.2) is 5.78 Å². The van der Waals surface area contributed by atoms with Gasteiger partial charge in [0.2, 0.25) is 0 Å². The smallest absolute Gasteiger partial charge is 0.166 e. The highest BCUT2D eigenvalue weighted by Gasteiger charge is 2.24. The molecule has 15 heavy (non-hydrogen) atoms. The minimum atomic E-state index is 0.222. The molecule has 1 aliphatic carbocycles. The third kappa shape index (κ3) is 1.78. The van der Waals surface area contributed by atoms with Crippen molar-refractivity contribution in [3.63, 3.8) is 0 Å². The quantitative estimate of drug-likeness (QED) is 0.705. The number of nitrogens with zero attached hydrogens (tertiary/aromatic N) is 2. The van der Waals surface area contributed by atoms with E-state index in [0.717, 1.165) is 35.6 Å². The highest BCUT2D eigenvalue weighted by atomic mass is 16.1. The van der Waals surface area contributed by atoms with Crippen LogP contribution in [0.25, 0.3) is 0 Å². The Bertz CT molecular complexity index is 410. The predicted molar refractivity (Wildman–Crippen MR) is 58.1 cm³/mol. The summed E-state index contributed by atoms with van der Waals surface area (Å²) in [5.74, 6) is 1.30. The molecule has 0 N–H and O–H groups in total. The highest BCUT2D eigenvalue weighted by molar-refractivity contribution is 5.99. The van der Waals surface area contributed by atoms with E-state index in [1.807, 2.05) is 6.92 Å². The molecule has 1 heterocycles. The molecular formula is C12H16N2O. The molecule has 0 saturated carbocycles. The Hall–Kier alpha value is -1.25. The molecule has 0 spiro atoms. The Morgan fingerprint density at radius 2 is 1.93 bits per heavy atom. The zero-order chi connectivity index (χ0) is 11.0. The molecule has 0 atom stereocenters. The number of carbonyl (C=O) groups is 1. The van der Waals surface area contributed by atoms with Crippen LogP contribution in [0.5, 0.6) is 0 Å². The zero-order valence-corrected chi connectivity index (χ0v) is 9.50. The van der Waals surface area contributed by atoms with Crippen molar-refractivity contribution in [2.24, 2.45) is 0 Å². The van der Waals surface area contributed by atoms with Gasteiger partial charge in [0, 0.05) is 6.42 Å². The number of aromatic nitrogens is 2. The summed E-state index contributed by atoms with van der Waals surface area (Å²) in [6.45, 7) is 6.04. The van der Waals surface area contributed by atoms with Crippen molar-refractivity contribution in [1.82, 2.24) is 9.97 Å². The summed E-state index contributed by atoms with van der Waals surface area (Å²) >= 11 is 0. The molecule has 3 heteroatoms. The lowest BCUT2D eigenvalue weighted by Crippen LogP contribution is -2.18. The fourth-order valence-electron chi connectivity index (χ4n) is 2.10. The Morgan fingerprint density at radius 1 is 1.20 bits per heavy atom. The number of aryl methyl sites for hydroxylation is 2. The lowest BCUT2D eigenvalue weighted by molar-refractivity contribution is 0.0969. The van der Waals surface area contributed by atoms with Crippen LogP contribution in [0.2, 0.25) is 0 Å². The first-order valence-corrected chi connectivity index (χ1v) is 5.50. The molecule has 0 bridgehead atoms. The number of hydrogen-bond acceptors (Lipinski definition) is 3. The Kier molecular flexibility index (Phi) is 2.55. The maximum Gasteiger partial charge on any atom is 0.166 e. The molecule has 1 aliphatic rings. The summed E-state index contributed by atoms with van der Waals surface area (Å²) in [6, 6.07) is 0. The highest BCUT2D eigenvalue weighted by Crippen LogP contribution is 2.26. The van der Waals surface area contributed by atoms with Crippen LogP contribution in [0.15, 0.2) is 0 Å². The summed E-state index contributed by atoms with van der Waals surface area (Å²) in [5.41, 5.74) is 2.70. The summed E-state index contributed by atoms with van der Waals surface area (Å²) in [4.78, 5) is 20.6. The maximum atomic E-state index is 11.8. The number of Topliss-reactive ketones (excluding diaryl/α,β-unsaturated/α-hetero) is 1. The lowest BCUT2D eigenvalue weighted by atomic mass is 9.90. The van der Waals surface area contributed by atoms with Gasteiger partial charge in [-0.15, -0.1) is 0 Å². The van der Waals surface area contributed by atoms with Gasteiger partial charge < -0.3 is 0 Å². The third-order valence-corrected chi connectivity index (χ3v) is 2.77. The molecule has 0 radical (unpaired) electrons. The first-order valence-electron chi connectivity index (χ1n) is 5.50. The van der Waals surface area contributed by atoms with Crippen LogP contribution in [0, 0.1) is 6.92 Å². The van der Waals surface area contributed by atoms with Crippen molar-refractivity contribution in [2.45, 2.75) is 46.0 Å². The van der Waals surface area contributed by atoms with Gasteiger partial charge >= 0.3 is 0 Å². The van der Waals surface area contributed by atoms with E-state index in [0.29, 0.717) is 12.3 Å². The van der Waals surface area contributed by atoms with Crippen LogP contribution < -0.4 is 0 Å². The van der Waals surface area contributed by atoms with Crippen molar-refractivity contribution in [1.29, 1.82) is 0 Å². The Balaban J connectivity index is 2.63. The Morgan fingerprint density at radius 3 is 2.60 bits per heavy atom. The van der Waals surface area contributed by atoms with Crippen molar-refractivity contribution in [3.05, 3.63) is 22.8 Å². The molecule has 80 valence electrons. The second-order valence-corrected chi connectivity index (χ2v) is 4.41. The molecule has 0 saturated heterocycles. The van der Waals surface area contributed by atoms with Crippen LogP contribution in [-0.2, 0) is 6.42 Å². The van der Waals surface area contributed by atoms with Crippen LogP contribution >= 0.6 is 0 Å².